The number of amides is 1. The Morgan fingerprint density at radius 3 is 2.25 bits per heavy atom. The summed E-state index contributed by atoms with van der Waals surface area (Å²) in [5.41, 5.74) is -0.164. The fraction of sp³-hybridized carbons (Fsp3) is 0.154. The summed E-state index contributed by atoms with van der Waals surface area (Å²) in [6.07, 6.45) is -4.69. The summed E-state index contributed by atoms with van der Waals surface area (Å²) in [7, 11) is 0. The number of alkyl halides is 3. The third-order valence-electron chi connectivity index (χ3n) is 4.79. The second-order valence-corrected chi connectivity index (χ2v) is 7.76. The molecule has 1 N–H and O–H groups in total. The summed E-state index contributed by atoms with van der Waals surface area (Å²) in [6, 6.07) is 23.4. The molecule has 4 rings (SSSR count). The molecule has 4 aromatic rings. The van der Waals surface area contributed by atoms with Gasteiger partial charge in [-0.2, -0.15) is 23.0 Å². The van der Waals surface area contributed by atoms with E-state index in [4.69, 9.17) is 21.1 Å². The molecular formula is C26H23ClF3N3O3. The summed E-state index contributed by atoms with van der Waals surface area (Å²) in [5, 5.41) is 6.40. The molecule has 10 heteroatoms. The van der Waals surface area contributed by atoms with Crippen LogP contribution in [0.5, 0.6) is 17.4 Å². The Kier molecular flexibility index (Phi) is 8.60. The number of hydrogen-bond acceptors (Lipinski definition) is 4. The van der Waals surface area contributed by atoms with Crippen LogP contribution >= 0.6 is 11.6 Å². The second kappa shape index (κ2) is 11.6. The van der Waals surface area contributed by atoms with E-state index in [1.54, 1.807) is 36.4 Å². The highest BCUT2D eigenvalue weighted by Crippen LogP contribution is 2.33. The van der Waals surface area contributed by atoms with Gasteiger partial charge in [0, 0.05) is 12.6 Å². The van der Waals surface area contributed by atoms with Crippen LogP contribution in [0.1, 0.15) is 18.7 Å². The lowest BCUT2D eigenvalue weighted by Gasteiger charge is -2.11. The molecule has 3 aromatic carbocycles. The van der Waals surface area contributed by atoms with E-state index in [2.05, 4.69) is 10.4 Å². The largest absolute Gasteiger partial charge is 0.467 e. The van der Waals surface area contributed by atoms with E-state index in [1.807, 2.05) is 30.3 Å². The monoisotopic (exact) mass is 517 g/mol. The number of carbonyl (C=O) groups excluding carboxylic acids is 1. The number of nitrogens with one attached hydrogen (secondary N) is 1. The molecule has 0 unspecified atom stereocenters. The minimum absolute atomic E-state index is 0. The first-order valence-electron chi connectivity index (χ1n) is 10.4. The molecule has 0 atom stereocenters. The number of halogens is 4. The third kappa shape index (κ3) is 6.79. The highest BCUT2D eigenvalue weighted by atomic mass is 35.5. The van der Waals surface area contributed by atoms with Crippen LogP contribution in [0, 0.1) is 0 Å². The summed E-state index contributed by atoms with van der Waals surface area (Å²) < 4.78 is 51.6. The molecule has 6 nitrogen and oxygen atoms in total. The van der Waals surface area contributed by atoms with Crippen LogP contribution in [-0.2, 0) is 17.5 Å². The average Bonchev–Trinajstić information content (AvgIpc) is 3.28. The number of nitrogens with zero attached hydrogens (tertiary/aromatic N) is 2. The van der Waals surface area contributed by atoms with Crippen molar-refractivity contribution in [1.82, 2.24) is 15.1 Å². The summed E-state index contributed by atoms with van der Waals surface area (Å²) >= 11 is 6.11. The van der Waals surface area contributed by atoms with Crippen molar-refractivity contribution in [3.05, 3.63) is 101 Å². The Morgan fingerprint density at radius 2 is 1.58 bits per heavy atom. The van der Waals surface area contributed by atoms with Gasteiger partial charge in [0.15, 0.2) is 12.3 Å². The Labute approximate surface area is 211 Å². The Balaban J connectivity index is 0.00000361. The average molecular weight is 518 g/mol. The smallest absolute Gasteiger partial charge is 0.435 e. The Bertz CT molecular complexity index is 1290. The molecule has 0 bridgehead atoms. The number of hydrogen-bond donors (Lipinski definition) is 1. The molecule has 188 valence electrons. The van der Waals surface area contributed by atoms with Gasteiger partial charge in [-0.1, -0.05) is 61.5 Å². The van der Waals surface area contributed by atoms with Crippen molar-refractivity contribution in [3.8, 4) is 23.1 Å². The van der Waals surface area contributed by atoms with Gasteiger partial charge >= 0.3 is 6.18 Å². The highest BCUT2D eigenvalue weighted by molar-refractivity contribution is 6.32. The molecule has 0 fully saturated rings. The van der Waals surface area contributed by atoms with Crippen molar-refractivity contribution in [2.45, 2.75) is 20.1 Å². The van der Waals surface area contributed by atoms with Gasteiger partial charge in [0.25, 0.3) is 5.91 Å². The van der Waals surface area contributed by atoms with Gasteiger partial charge in [0.05, 0.1) is 10.7 Å². The van der Waals surface area contributed by atoms with Crippen molar-refractivity contribution >= 4 is 17.5 Å². The van der Waals surface area contributed by atoms with Crippen LogP contribution in [0.4, 0.5) is 13.2 Å². The summed E-state index contributed by atoms with van der Waals surface area (Å²) in [4.78, 5) is 12.3. The predicted molar refractivity (Wildman–Crippen MR) is 131 cm³/mol. The molecule has 36 heavy (non-hydrogen) atoms. The van der Waals surface area contributed by atoms with Gasteiger partial charge in [-0.15, -0.1) is 0 Å². The van der Waals surface area contributed by atoms with Crippen molar-refractivity contribution < 1.29 is 27.4 Å². The van der Waals surface area contributed by atoms with E-state index in [-0.39, 0.29) is 30.6 Å². The number of rotatable bonds is 8. The van der Waals surface area contributed by atoms with Crippen molar-refractivity contribution in [2.24, 2.45) is 0 Å². The lowest BCUT2D eigenvalue weighted by molar-refractivity contribution is -0.141. The standard InChI is InChI=1S/C25H19ClF3N3O3.CH4/c26-20-8-4-5-9-21(20)32-24(14-22(31-32)25(27,28)29)34-16-23(33)30-15-17-10-12-19(13-11-17)35-18-6-2-1-3-7-18;/h1-14H,15-16H2,(H,30,33);1H4. The fourth-order valence-corrected chi connectivity index (χ4v) is 3.31. The van der Waals surface area contributed by atoms with Crippen molar-refractivity contribution in [1.29, 1.82) is 0 Å². The van der Waals surface area contributed by atoms with Gasteiger partial charge in [0.1, 0.15) is 11.5 Å². The maximum atomic E-state index is 13.2. The maximum absolute atomic E-state index is 13.2. The minimum Gasteiger partial charge on any atom is -0.467 e. The van der Waals surface area contributed by atoms with Crippen LogP contribution in [-0.4, -0.2) is 22.3 Å². The normalized spacial score (nSPS) is 10.9. The van der Waals surface area contributed by atoms with E-state index in [0.717, 1.165) is 16.3 Å². The number of ether oxygens (including phenoxy) is 2. The zero-order valence-electron chi connectivity index (χ0n) is 18.1. The van der Waals surface area contributed by atoms with Crippen molar-refractivity contribution in [2.75, 3.05) is 6.61 Å². The molecule has 0 radical (unpaired) electrons. The topological polar surface area (TPSA) is 65.4 Å². The first kappa shape index (κ1) is 26.6. The number of benzene rings is 3. The lowest BCUT2D eigenvalue weighted by atomic mass is 10.2. The molecule has 0 aliphatic rings. The summed E-state index contributed by atoms with van der Waals surface area (Å²) in [5.74, 6) is 0.566. The molecule has 0 saturated carbocycles. The molecule has 1 heterocycles. The number of carbonyl (C=O) groups is 1. The first-order valence-corrected chi connectivity index (χ1v) is 10.8. The van der Waals surface area contributed by atoms with E-state index in [9.17, 15) is 18.0 Å². The zero-order chi connectivity index (χ0) is 24.8. The van der Waals surface area contributed by atoms with Crippen LogP contribution in [0.3, 0.4) is 0 Å². The minimum atomic E-state index is -4.69. The third-order valence-corrected chi connectivity index (χ3v) is 5.11. The van der Waals surface area contributed by atoms with Gasteiger partial charge in [-0.05, 0) is 42.0 Å². The first-order chi connectivity index (χ1) is 16.8. The van der Waals surface area contributed by atoms with Gasteiger partial charge < -0.3 is 14.8 Å². The Hall–Kier alpha value is -3.98. The molecule has 0 spiro atoms. The van der Waals surface area contributed by atoms with Crippen LogP contribution in [0.2, 0.25) is 5.02 Å². The fourth-order valence-electron chi connectivity index (χ4n) is 3.09. The van der Waals surface area contributed by atoms with E-state index < -0.39 is 24.4 Å². The molecule has 0 aliphatic heterocycles. The van der Waals surface area contributed by atoms with E-state index in [0.29, 0.717) is 11.5 Å². The molecule has 1 aromatic heterocycles. The SMILES string of the molecule is C.O=C(COc1cc(C(F)(F)F)nn1-c1ccccc1Cl)NCc1ccc(Oc2ccccc2)cc1. The highest BCUT2D eigenvalue weighted by Gasteiger charge is 2.36. The second-order valence-electron chi connectivity index (χ2n) is 7.35. The van der Waals surface area contributed by atoms with Crippen LogP contribution in [0.15, 0.2) is 84.9 Å². The maximum Gasteiger partial charge on any atom is 0.435 e. The predicted octanol–water partition coefficient (Wildman–Crippen LogP) is 6.67. The molecule has 0 aliphatic carbocycles. The molecule has 1 amide bonds. The number of para-hydroxylation sites is 2. The van der Waals surface area contributed by atoms with Crippen LogP contribution in [0.25, 0.3) is 5.69 Å². The number of aromatic nitrogens is 2. The molecular weight excluding hydrogens is 495 g/mol. The van der Waals surface area contributed by atoms with Gasteiger partial charge in [-0.3, -0.25) is 4.79 Å². The van der Waals surface area contributed by atoms with Crippen molar-refractivity contribution in [3.63, 3.8) is 0 Å². The van der Waals surface area contributed by atoms with Gasteiger partial charge in [0.2, 0.25) is 5.88 Å². The van der Waals surface area contributed by atoms with Crippen LogP contribution < -0.4 is 14.8 Å². The summed E-state index contributed by atoms with van der Waals surface area (Å²) in [6.45, 7) is -0.311. The van der Waals surface area contributed by atoms with E-state index >= 15 is 0 Å². The zero-order valence-corrected chi connectivity index (χ0v) is 18.9. The quantitative estimate of drug-likeness (QED) is 0.283. The van der Waals surface area contributed by atoms with Gasteiger partial charge in [-0.25, -0.2) is 0 Å². The Morgan fingerprint density at radius 1 is 0.944 bits per heavy atom. The lowest BCUT2D eigenvalue weighted by Crippen LogP contribution is -2.28. The van der Waals surface area contributed by atoms with E-state index in [1.165, 1.54) is 12.1 Å². The molecule has 0 saturated heterocycles.